The predicted octanol–water partition coefficient (Wildman–Crippen LogP) is 6.77. The van der Waals surface area contributed by atoms with Crippen molar-refractivity contribution in [1.29, 1.82) is 0 Å². The van der Waals surface area contributed by atoms with E-state index in [0.29, 0.717) is 31.4 Å². The summed E-state index contributed by atoms with van der Waals surface area (Å²) in [5, 5.41) is 8.50. The molecule has 1 aromatic carbocycles. The summed E-state index contributed by atoms with van der Waals surface area (Å²) in [6.45, 7) is 28.9. The minimum Gasteiger partial charge on any atom is -0.379 e. The molecule has 374 valence electrons. The van der Waals surface area contributed by atoms with Crippen LogP contribution in [0.3, 0.4) is 0 Å². The summed E-state index contributed by atoms with van der Waals surface area (Å²) in [4.78, 5) is 64.4. The van der Waals surface area contributed by atoms with Crippen molar-refractivity contribution in [1.82, 2.24) is 30.7 Å². The van der Waals surface area contributed by atoms with E-state index in [1.807, 2.05) is 65.0 Å². The number of methoxy groups -OCH3 is 2. The van der Waals surface area contributed by atoms with Crippen LogP contribution in [0.2, 0.25) is 0 Å². The Balaban J connectivity index is -0.000000912. The monoisotopic (exact) mass is 909 g/mol. The summed E-state index contributed by atoms with van der Waals surface area (Å²) < 4.78 is 17.0. The van der Waals surface area contributed by atoms with Gasteiger partial charge in [-0.15, -0.1) is 0 Å². The molecule has 2 rings (SSSR count). The number of carbonyl (C=O) groups is 5. The molecule has 0 radical (unpaired) electrons. The number of likely N-dealkylation sites (N-methyl/N-ethyl adjacent to an activating group) is 3. The van der Waals surface area contributed by atoms with Crippen molar-refractivity contribution in [2.24, 2.45) is 17.8 Å². The van der Waals surface area contributed by atoms with Crippen molar-refractivity contribution in [2.45, 2.75) is 171 Å². The fourth-order valence-corrected chi connectivity index (χ4v) is 7.64. The lowest BCUT2D eigenvalue weighted by molar-refractivity contribution is -0.143. The van der Waals surface area contributed by atoms with Crippen LogP contribution in [0.5, 0.6) is 0 Å². The standard InChI is InChI=1S/C22H39N3O6.C9H20N2O.C9H21NO.C7H8.C3H8/c1-7-15(2)20(24(4)14-27)18(30-5)13-19(28)25-11-8-9-17(25)21(31-6)16(3)22(29)23-10-12-26;1-6-10-9(12)8(7(2)3)11(4)5;1-8(2)11-9(3,4)6-7-10-5;1-7-5-3-2-4-6-7;1-3-2/h12,14-18,20-21H,7-11,13H2,1-6H3,(H,23,29);7-8H,6H2,1-5H3,(H,10,12);8,10H,6-7H2,1-5H3;2-6H,1H3;3H2,1-2H3. The van der Waals surface area contributed by atoms with Gasteiger partial charge in [0.2, 0.25) is 24.1 Å². The van der Waals surface area contributed by atoms with Gasteiger partial charge in [0.1, 0.15) is 6.29 Å². The zero-order chi connectivity index (χ0) is 50.0. The molecule has 7 unspecified atom stereocenters. The molecule has 14 heteroatoms. The molecule has 14 nitrogen and oxygen atoms in total. The van der Waals surface area contributed by atoms with Crippen LogP contribution in [-0.2, 0) is 38.2 Å². The molecule has 0 aromatic heterocycles. The van der Waals surface area contributed by atoms with Gasteiger partial charge in [0.25, 0.3) is 0 Å². The van der Waals surface area contributed by atoms with E-state index in [4.69, 9.17) is 14.2 Å². The van der Waals surface area contributed by atoms with Crippen LogP contribution in [0.4, 0.5) is 0 Å². The highest BCUT2D eigenvalue weighted by molar-refractivity contribution is 5.82. The molecule has 0 spiro atoms. The number of carbonyl (C=O) groups excluding carboxylic acids is 5. The second-order valence-electron chi connectivity index (χ2n) is 18.0. The lowest BCUT2D eigenvalue weighted by Gasteiger charge is -2.38. The first-order valence-corrected chi connectivity index (χ1v) is 23.6. The molecule has 64 heavy (non-hydrogen) atoms. The lowest BCUT2D eigenvalue weighted by atomic mass is 9.90. The van der Waals surface area contributed by atoms with Gasteiger partial charge in [0.05, 0.1) is 60.9 Å². The van der Waals surface area contributed by atoms with Gasteiger partial charge < -0.3 is 44.8 Å². The molecular weight excluding hydrogens is 813 g/mol. The number of rotatable bonds is 23. The topological polar surface area (TPSA) is 159 Å². The van der Waals surface area contributed by atoms with Gasteiger partial charge in [0.15, 0.2) is 0 Å². The van der Waals surface area contributed by atoms with Crippen molar-refractivity contribution in [3.05, 3.63) is 35.9 Å². The average molecular weight is 909 g/mol. The van der Waals surface area contributed by atoms with Crippen LogP contribution in [-0.4, -0.2) is 156 Å². The Kier molecular flexibility index (Phi) is 38.3. The smallest absolute Gasteiger partial charge is 0.237 e. The van der Waals surface area contributed by atoms with E-state index in [2.05, 4.69) is 90.4 Å². The summed E-state index contributed by atoms with van der Waals surface area (Å²) in [6.07, 6.45) is 5.65. The van der Waals surface area contributed by atoms with E-state index in [1.165, 1.54) is 19.1 Å². The third kappa shape index (κ3) is 27.8. The highest BCUT2D eigenvalue weighted by Crippen LogP contribution is 2.29. The second-order valence-corrected chi connectivity index (χ2v) is 18.0. The van der Waals surface area contributed by atoms with E-state index in [-0.39, 0.29) is 60.3 Å². The third-order valence-electron chi connectivity index (χ3n) is 10.7. The van der Waals surface area contributed by atoms with Gasteiger partial charge in [-0.1, -0.05) is 97.2 Å². The van der Waals surface area contributed by atoms with Gasteiger partial charge in [-0.05, 0) is 100 Å². The molecule has 0 saturated carbocycles. The van der Waals surface area contributed by atoms with Crippen LogP contribution in [0, 0.1) is 24.7 Å². The van der Waals surface area contributed by atoms with E-state index in [0.717, 1.165) is 38.6 Å². The van der Waals surface area contributed by atoms with Crippen LogP contribution < -0.4 is 16.0 Å². The Morgan fingerprint density at radius 1 is 0.906 bits per heavy atom. The quantitative estimate of drug-likeness (QED) is 0.100. The Morgan fingerprint density at radius 2 is 1.48 bits per heavy atom. The largest absolute Gasteiger partial charge is 0.379 e. The molecule has 4 amide bonds. The Labute approximate surface area is 391 Å². The maximum atomic E-state index is 13.3. The first kappa shape index (κ1) is 64.9. The number of hydrogen-bond acceptors (Lipinski definition) is 10. The van der Waals surface area contributed by atoms with Gasteiger partial charge >= 0.3 is 0 Å². The Morgan fingerprint density at radius 3 is 1.88 bits per heavy atom. The molecule has 7 atom stereocenters. The maximum Gasteiger partial charge on any atom is 0.237 e. The molecule has 3 N–H and O–H groups in total. The van der Waals surface area contributed by atoms with E-state index in [1.54, 1.807) is 30.9 Å². The van der Waals surface area contributed by atoms with Gasteiger partial charge in [-0.3, -0.25) is 24.1 Å². The summed E-state index contributed by atoms with van der Waals surface area (Å²) in [6, 6.07) is 9.80. The molecule has 1 heterocycles. The molecule has 0 aliphatic carbocycles. The van der Waals surface area contributed by atoms with Gasteiger partial charge in [-0.25, -0.2) is 0 Å². The first-order valence-electron chi connectivity index (χ1n) is 23.6. The summed E-state index contributed by atoms with van der Waals surface area (Å²) in [5.41, 5.74) is 1.33. The summed E-state index contributed by atoms with van der Waals surface area (Å²) >= 11 is 0. The molecular formula is C50H96N6O8. The zero-order valence-corrected chi connectivity index (χ0v) is 43.9. The number of benzene rings is 1. The molecule has 1 saturated heterocycles. The highest BCUT2D eigenvalue weighted by atomic mass is 16.5. The SMILES string of the molecule is CCC.CCC(C)C(C(CC(=O)N1CCCC1C(OC)C(C)C(=O)NCC=O)OC)N(C)C=O.CCNC(=O)C(C(C)C)N(C)C.CNCCC(C)(C)OC(C)C.Cc1ccccc1. The second kappa shape index (κ2) is 37.8. The molecule has 1 aliphatic rings. The summed E-state index contributed by atoms with van der Waals surface area (Å²) in [5.74, 6) is -0.239. The first-order chi connectivity index (χ1) is 30.1. The number of nitrogens with zero attached hydrogens (tertiary/aromatic N) is 3. The molecule has 0 bridgehead atoms. The number of nitrogens with one attached hydrogen (secondary N) is 3. The maximum absolute atomic E-state index is 13.3. The van der Waals surface area contributed by atoms with Crippen LogP contribution >= 0.6 is 0 Å². The van der Waals surface area contributed by atoms with Crippen molar-refractivity contribution in [2.75, 3.05) is 68.6 Å². The van der Waals surface area contributed by atoms with E-state index < -0.39 is 18.1 Å². The number of amides is 4. The zero-order valence-electron chi connectivity index (χ0n) is 43.9. The normalized spacial score (nSPS) is 16.1. The minimum atomic E-state index is -0.518. The van der Waals surface area contributed by atoms with Gasteiger partial charge in [-0.2, -0.15) is 0 Å². The number of aryl methyl sites for hydroxylation is 1. The van der Waals surface area contributed by atoms with Crippen LogP contribution in [0.1, 0.15) is 127 Å². The lowest BCUT2D eigenvalue weighted by Crippen LogP contribution is -2.52. The molecule has 1 aromatic rings. The Bertz CT molecular complexity index is 1340. The van der Waals surface area contributed by atoms with Crippen molar-refractivity contribution in [3.63, 3.8) is 0 Å². The van der Waals surface area contributed by atoms with Crippen LogP contribution in [0.15, 0.2) is 30.3 Å². The fourth-order valence-electron chi connectivity index (χ4n) is 7.64. The van der Waals surface area contributed by atoms with Crippen LogP contribution in [0.25, 0.3) is 0 Å². The molecule has 1 aliphatic heterocycles. The van der Waals surface area contributed by atoms with E-state index >= 15 is 0 Å². The number of likely N-dealkylation sites (tertiary alicyclic amines) is 1. The minimum absolute atomic E-state index is 0.00931. The van der Waals surface area contributed by atoms with E-state index in [9.17, 15) is 24.0 Å². The third-order valence-corrected chi connectivity index (χ3v) is 10.7. The van der Waals surface area contributed by atoms with Gasteiger partial charge in [0, 0.05) is 34.4 Å². The van der Waals surface area contributed by atoms with Crippen molar-refractivity contribution in [3.8, 4) is 0 Å². The van der Waals surface area contributed by atoms with Crippen molar-refractivity contribution < 1.29 is 38.2 Å². The number of hydrogen-bond donors (Lipinski definition) is 3. The average Bonchev–Trinajstić information content (AvgIpc) is 3.72. The highest BCUT2D eigenvalue weighted by Gasteiger charge is 2.41. The van der Waals surface area contributed by atoms with Crippen molar-refractivity contribution >= 4 is 30.4 Å². The Hall–Kier alpha value is -3.43. The molecule has 1 fully saturated rings. The number of ether oxygens (including phenoxy) is 3. The predicted molar refractivity (Wildman–Crippen MR) is 263 cm³/mol. The summed E-state index contributed by atoms with van der Waals surface area (Å²) in [7, 11) is 10.6. The number of aldehydes is 1. The fraction of sp³-hybridized carbons (Fsp3) is 0.780.